The molecular formula is C17H35NO2S. The quantitative estimate of drug-likeness (QED) is 0.854. The SMILES string of the molecule is CC(C)C(C)S(=O)(=O)C1CCCCCCCCCCC1N. The Labute approximate surface area is 132 Å². The highest BCUT2D eigenvalue weighted by Gasteiger charge is 2.36. The minimum atomic E-state index is -3.12. The van der Waals surface area contributed by atoms with E-state index in [1.54, 1.807) is 0 Å². The Bertz CT molecular complexity index is 378. The molecule has 0 heterocycles. The molecule has 0 aromatic heterocycles. The van der Waals surface area contributed by atoms with E-state index in [0.29, 0.717) is 0 Å². The van der Waals surface area contributed by atoms with Crippen molar-refractivity contribution in [3.05, 3.63) is 0 Å². The van der Waals surface area contributed by atoms with E-state index < -0.39 is 9.84 Å². The van der Waals surface area contributed by atoms with Crippen LogP contribution in [0.2, 0.25) is 0 Å². The van der Waals surface area contributed by atoms with Gasteiger partial charge in [-0.3, -0.25) is 0 Å². The minimum Gasteiger partial charge on any atom is -0.327 e. The standard InChI is InChI=1S/C17H35NO2S/c1-14(2)15(3)21(19,20)17-13-11-9-7-5-4-6-8-10-12-16(17)18/h14-17H,4-13,18H2,1-3H3. The summed E-state index contributed by atoms with van der Waals surface area (Å²) in [6.45, 7) is 5.83. The van der Waals surface area contributed by atoms with E-state index in [1.807, 2.05) is 20.8 Å². The van der Waals surface area contributed by atoms with Crippen LogP contribution in [0.15, 0.2) is 0 Å². The van der Waals surface area contributed by atoms with Gasteiger partial charge in [-0.15, -0.1) is 0 Å². The molecular weight excluding hydrogens is 282 g/mol. The zero-order chi connectivity index (χ0) is 15.9. The molecule has 0 aromatic carbocycles. The van der Waals surface area contributed by atoms with Crippen LogP contribution >= 0.6 is 0 Å². The van der Waals surface area contributed by atoms with Gasteiger partial charge in [-0.1, -0.05) is 65.2 Å². The van der Waals surface area contributed by atoms with Crippen molar-refractivity contribution in [1.29, 1.82) is 0 Å². The topological polar surface area (TPSA) is 60.2 Å². The third-order valence-electron chi connectivity index (χ3n) is 5.13. The molecule has 1 rings (SSSR count). The Morgan fingerprint density at radius 3 is 1.71 bits per heavy atom. The van der Waals surface area contributed by atoms with Crippen LogP contribution in [0.4, 0.5) is 0 Å². The van der Waals surface area contributed by atoms with Gasteiger partial charge in [0.25, 0.3) is 0 Å². The number of sulfone groups is 1. The Kier molecular flexibility index (Phi) is 8.25. The van der Waals surface area contributed by atoms with Crippen LogP contribution < -0.4 is 5.73 Å². The Balaban J connectivity index is 2.80. The summed E-state index contributed by atoms with van der Waals surface area (Å²) in [4.78, 5) is 0. The average Bonchev–Trinajstić information content (AvgIpc) is 2.41. The van der Waals surface area contributed by atoms with Gasteiger partial charge in [0, 0.05) is 6.04 Å². The second-order valence-corrected chi connectivity index (χ2v) is 9.67. The molecule has 1 aliphatic rings. The second kappa shape index (κ2) is 9.14. The highest BCUT2D eigenvalue weighted by molar-refractivity contribution is 7.92. The maximum Gasteiger partial charge on any atom is 0.157 e. The lowest BCUT2D eigenvalue weighted by molar-refractivity contribution is 0.447. The van der Waals surface area contributed by atoms with E-state index in [9.17, 15) is 8.42 Å². The van der Waals surface area contributed by atoms with Gasteiger partial charge in [0.05, 0.1) is 10.5 Å². The van der Waals surface area contributed by atoms with Crippen molar-refractivity contribution >= 4 is 9.84 Å². The van der Waals surface area contributed by atoms with Gasteiger partial charge in [-0.25, -0.2) is 8.42 Å². The monoisotopic (exact) mass is 317 g/mol. The first-order valence-corrected chi connectivity index (χ1v) is 10.5. The lowest BCUT2D eigenvalue weighted by Gasteiger charge is -2.29. The molecule has 0 saturated heterocycles. The predicted octanol–water partition coefficient (Wildman–Crippen LogP) is 4.06. The van der Waals surface area contributed by atoms with Crippen molar-refractivity contribution in [3.63, 3.8) is 0 Å². The smallest absolute Gasteiger partial charge is 0.157 e. The fourth-order valence-electron chi connectivity index (χ4n) is 3.25. The number of hydrogen-bond donors (Lipinski definition) is 1. The van der Waals surface area contributed by atoms with E-state index in [4.69, 9.17) is 5.73 Å². The fraction of sp³-hybridized carbons (Fsp3) is 1.00. The molecule has 0 spiro atoms. The molecule has 0 amide bonds. The van der Waals surface area contributed by atoms with Gasteiger partial charge in [0.15, 0.2) is 9.84 Å². The van der Waals surface area contributed by atoms with Crippen LogP contribution in [0, 0.1) is 5.92 Å². The molecule has 4 heteroatoms. The fourth-order valence-corrected chi connectivity index (χ4v) is 5.68. The molecule has 3 atom stereocenters. The third-order valence-corrected chi connectivity index (χ3v) is 8.14. The largest absolute Gasteiger partial charge is 0.327 e. The molecule has 0 radical (unpaired) electrons. The van der Waals surface area contributed by atoms with Crippen molar-refractivity contribution in [2.45, 2.75) is 102 Å². The van der Waals surface area contributed by atoms with Gasteiger partial charge < -0.3 is 5.73 Å². The average molecular weight is 318 g/mol. The van der Waals surface area contributed by atoms with E-state index in [2.05, 4.69) is 0 Å². The van der Waals surface area contributed by atoms with Crippen LogP contribution in [-0.2, 0) is 9.84 Å². The summed E-state index contributed by atoms with van der Waals surface area (Å²) in [6, 6.07) is -0.185. The Morgan fingerprint density at radius 1 is 0.810 bits per heavy atom. The summed E-state index contributed by atoms with van der Waals surface area (Å²) in [5.74, 6) is 0.156. The molecule has 0 aliphatic heterocycles. The second-order valence-electron chi connectivity index (χ2n) is 7.15. The summed E-state index contributed by atoms with van der Waals surface area (Å²) in [7, 11) is -3.12. The maximum atomic E-state index is 12.9. The van der Waals surface area contributed by atoms with Crippen molar-refractivity contribution in [3.8, 4) is 0 Å². The van der Waals surface area contributed by atoms with Crippen molar-refractivity contribution in [1.82, 2.24) is 0 Å². The van der Waals surface area contributed by atoms with Gasteiger partial charge >= 0.3 is 0 Å². The van der Waals surface area contributed by atoms with Gasteiger partial charge in [-0.05, 0) is 25.7 Å². The lowest BCUT2D eigenvalue weighted by Crippen LogP contribution is -2.45. The third kappa shape index (κ3) is 5.90. The van der Waals surface area contributed by atoms with Crippen LogP contribution in [-0.4, -0.2) is 25.0 Å². The molecule has 0 aromatic rings. The lowest BCUT2D eigenvalue weighted by atomic mass is 9.98. The summed E-state index contributed by atoms with van der Waals surface area (Å²) in [5.41, 5.74) is 6.30. The molecule has 3 nitrogen and oxygen atoms in total. The number of hydrogen-bond acceptors (Lipinski definition) is 3. The normalized spacial score (nSPS) is 28.6. The van der Waals surface area contributed by atoms with E-state index >= 15 is 0 Å². The van der Waals surface area contributed by atoms with Gasteiger partial charge in [0.2, 0.25) is 0 Å². The van der Waals surface area contributed by atoms with Crippen molar-refractivity contribution in [2.75, 3.05) is 0 Å². The molecule has 1 aliphatic carbocycles. The highest BCUT2D eigenvalue weighted by Crippen LogP contribution is 2.26. The molecule has 3 unspecified atom stereocenters. The van der Waals surface area contributed by atoms with Gasteiger partial charge in [-0.2, -0.15) is 0 Å². The van der Waals surface area contributed by atoms with Crippen LogP contribution in [0.5, 0.6) is 0 Å². The summed E-state index contributed by atoms with van der Waals surface area (Å²) < 4.78 is 25.7. The Hall–Kier alpha value is -0.0900. The number of nitrogens with two attached hydrogens (primary N) is 1. The zero-order valence-corrected chi connectivity index (χ0v) is 15.0. The minimum absolute atomic E-state index is 0.156. The van der Waals surface area contributed by atoms with E-state index in [-0.39, 0.29) is 22.5 Å². The van der Waals surface area contributed by atoms with Crippen LogP contribution in [0.3, 0.4) is 0 Å². The van der Waals surface area contributed by atoms with Crippen molar-refractivity contribution in [2.24, 2.45) is 11.7 Å². The summed E-state index contributed by atoms with van der Waals surface area (Å²) >= 11 is 0. The highest BCUT2D eigenvalue weighted by atomic mass is 32.2. The van der Waals surface area contributed by atoms with Crippen LogP contribution in [0.25, 0.3) is 0 Å². The molecule has 1 fully saturated rings. The molecule has 126 valence electrons. The summed E-state index contributed by atoms with van der Waals surface area (Å²) in [5, 5.41) is -0.629. The first-order chi connectivity index (χ1) is 9.87. The van der Waals surface area contributed by atoms with Crippen LogP contribution in [0.1, 0.15) is 85.0 Å². The zero-order valence-electron chi connectivity index (χ0n) is 14.2. The van der Waals surface area contributed by atoms with E-state index in [1.165, 1.54) is 32.1 Å². The summed E-state index contributed by atoms with van der Waals surface area (Å²) in [6.07, 6.45) is 11.2. The van der Waals surface area contributed by atoms with E-state index in [0.717, 1.165) is 32.1 Å². The molecule has 1 saturated carbocycles. The first kappa shape index (κ1) is 19.0. The first-order valence-electron chi connectivity index (χ1n) is 8.85. The molecule has 21 heavy (non-hydrogen) atoms. The Morgan fingerprint density at radius 2 is 1.24 bits per heavy atom. The number of rotatable bonds is 3. The predicted molar refractivity (Wildman–Crippen MR) is 91.2 cm³/mol. The maximum absolute atomic E-state index is 12.9. The van der Waals surface area contributed by atoms with Gasteiger partial charge in [0.1, 0.15) is 0 Å². The molecule has 0 bridgehead atoms. The molecule has 2 N–H and O–H groups in total. The van der Waals surface area contributed by atoms with Crippen molar-refractivity contribution < 1.29 is 8.42 Å².